The Morgan fingerprint density at radius 2 is 1.94 bits per heavy atom. The fourth-order valence-electron chi connectivity index (χ4n) is 4.42. The highest BCUT2D eigenvalue weighted by Crippen LogP contribution is 2.45. The van der Waals surface area contributed by atoms with Crippen molar-refractivity contribution in [2.45, 2.75) is 18.4 Å². The number of ether oxygens (including phenoxy) is 2. The Bertz CT molecular complexity index is 1190. The molecule has 6 nitrogen and oxygen atoms in total. The van der Waals surface area contributed by atoms with E-state index in [0.717, 1.165) is 18.5 Å². The Kier molecular flexibility index (Phi) is 6.17. The largest absolute Gasteiger partial charge is 0.496 e. The van der Waals surface area contributed by atoms with Crippen LogP contribution in [-0.4, -0.2) is 50.5 Å². The molecule has 2 aromatic carbocycles. The number of fused-ring (bicyclic) bond motifs is 1. The minimum Gasteiger partial charge on any atom is -0.496 e. The Labute approximate surface area is 189 Å². The Morgan fingerprint density at radius 3 is 2.61 bits per heavy atom. The molecule has 0 radical (unpaired) electrons. The van der Waals surface area contributed by atoms with E-state index in [9.17, 15) is 9.90 Å². The van der Waals surface area contributed by atoms with E-state index in [1.54, 1.807) is 31.4 Å². The number of aliphatic hydroxyl groups excluding tert-OH is 1. The smallest absolute Gasteiger partial charge is 0.197 e. The molecule has 1 N–H and O–H groups in total. The molecular weight excluding hydrogens is 441 g/mol. The molecule has 0 unspecified atom stereocenters. The predicted octanol–water partition coefficient (Wildman–Crippen LogP) is 4.56. The molecule has 8 heteroatoms. The lowest BCUT2D eigenvalue weighted by molar-refractivity contribution is 0.171. The molecule has 31 heavy (non-hydrogen) atoms. The molecule has 2 atom stereocenters. The first-order valence-electron chi connectivity index (χ1n) is 9.89. The van der Waals surface area contributed by atoms with Crippen molar-refractivity contribution in [3.05, 3.63) is 56.2 Å². The zero-order valence-corrected chi connectivity index (χ0v) is 19.0. The number of methoxy groups -OCH3 is 2. The average Bonchev–Trinajstić information content (AvgIpc) is 3.13. The molecule has 0 bridgehead atoms. The first kappa shape index (κ1) is 22.0. The molecule has 2 heterocycles. The predicted molar refractivity (Wildman–Crippen MR) is 122 cm³/mol. The van der Waals surface area contributed by atoms with E-state index in [1.165, 1.54) is 13.2 Å². The van der Waals surface area contributed by atoms with E-state index < -0.39 is 0 Å². The molecule has 1 aliphatic heterocycles. The van der Waals surface area contributed by atoms with E-state index in [-0.39, 0.29) is 24.0 Å². The van der Waals surface area contributed by atoms with Crippen molar-refractivity contribution in [2.24, 2.45) is 0 Å². The van der Waals surface area contributed by atoms with Gasteiger partial charge in [0, 0.05) is 35.2 Å². The molecule has 0 spiro atoms. The molecule has 1 fully saturated rings. The summed E-state index contributed by atoms with van der Waals surface area (Å²) in [6, 6.07) is 8.12. The van der Waals surface area contributed by atoms with Gasteiger partial charge in [0.25, 0.3) is 0 Å². The second kappa shape index (κ2) is 8.71. The van der Waals surface area contributed by atoms with E-state index >= 15 is 0 Å². The summed E-state index contributed by atoms with van der Waals surface area (Å²) in [5, 5.41) is 11.0. The van der Waals surface area contributed by atoms with Crippen LogP contribution >= 0.6 is 23.2 Å². The van der Waals surface area contributed by atoms with Gasteiger partial charge in [-0.15, -0.1) is 0 Å². The molecular formula is C23H23Cl2NO5. The van der Waals surface area contributed by atoms with Gasteiger partial charge in [-0.25, -0.2) is 0 Å². The van der Waals surface area contributed by atoms with Crippen LogP contribution in [-0.2, 0) is 0 Å². The Hall–Kier alpha value is -2.25. The van der Waals surface area contributed by atoms with Crippen LogP contribution in [0.2, 0.25) is 10.0 Å². The van der Waals surface area contributed by atoms with Crippen LogP contribution in [0.1, 0.15) is 17.9 Å². The monoisotopic (exact) mass is 463 g/mol. The van der Waals surface area contributed by atoms with E-state index in [2.05, 4.69) is 4.90 Å². The Balaban J connectivity index is 2.07. The number of likely N-dealkylation sites (tertiary alicyclic amines) is 1. The topological polar surface area (TPSA) is 72.1 Å². The van der Waals surface area contributed by atoms with Gasteiger partial charge < -0.3 is 23.9 Å². The zero-order chi connectivity index (χ0) is 22.3. The number of hydrogen-bond donors (Lipinski definition) is 1. The summed E-state index contributed by atoms with van der Waals surface area (Å²) < 4.78 is 17.5. The SMILES string of the molecule is COc1cc(OC)c2c(=O)cc(-c3cccc(Cl)c3Cl)oc2c1[C@@H]1CCN(C)[C@H]1CO. The first-order valence-corrected chi connectivity index (χ1v) is 10.6. The van der Waals surface area contributed by atoms with E-state index in [1.807, 2.05) is 7.05 Å². The number of nitrogens with zero attached hydrogens (tertiary/aromatic N) is 1. The van der Waals surface area contributed by atoms with Crippen LogP contribution in [0.5, 0.6) is 11.5 Å². The molecule has 1 saturated heterocycles. The summed E-state index contributed by atoms with van der Waals surface area (Å²) in [7, 11) is 5.02. The third-order valence-electron chi connectivity index (χ3n) is 6.00. The lowest BCUT2D eigenvalue weighted by Gasteiger charge is -2.25. The van der Waals surface area contributed by atoms with Gasteiger partial charge in [0.15, 0.2) is 5.43 Å². The summed E-state index contributed by atoms with van der Waals surface area (Å²) in [5.74, 6) is 1.11. The zero-order valence-electron chi connectivity index (χ0n) is 17.4. The second-order valence-electron chi connectivity index (χ2n) is 7.60. The molecule has 3 aromatic rings. The number of benzene rings is 2. The molecule has 1 aromatic heterocycles. The summed E-state index contributed by atoms with van der Waals surface area (Å²) in [6.07, 6.45) is 0.783. The minimum absolute atomic E-state index is 0.0259. The normalized spacial score (nSPS) is 19.2. The van der Waals surface area contributed by atoms with Gasteiger partial charge in [-0.05, 0) is 32.1 Å². The van der Waals surface area contributed by atoms with Crippen molar-refractivity contribution in [3.63, 3.8) is 0 Å². The van der Waals surface area contributed by atoms with Crippen molar-refractivity contribution < 1.29 is 19.0 Å². The molecule has 0 amide bonds. The molecule has 4 rings (SSSR count). The minimum atomic E-state index is -0.264. The van der Waals surface area contributed by atoms with Crippen LogP contribution in [0.25, 0.3) is 22.3 Å². The average molecular weight is 464 g/mol. The van der Waals surface area contributed by atoms with E-state index in [0.29, 0.717) is 43.8 Å². The van der Waals surface area contributed by atoms with Gasteiger partial charge in [0.05, 0.1) is 30.9 Å². The van der Waals surface area contributed by atoms with Gasteiger partial charge in [0.1, 0.15) is 28.2 Å². The van der Waals surface area contributed by atoms with Gasteiger partial charge >= 0.3 is 0 Å². The highest BCUT2D eigenvalue weighted by molar-refractivity contribution is 6.43. The van der Waals surface area contributed by atoms with Crippen molar-refractivity contribution in [1.82, 2.24) is 4.90 Å². The molecule has 0 saturated carbocycles. The van der Waals surface area contributed by atoms with Crippen LogP contribution in [0.15, 0.2) is 39.5 Å². The lowest BCUT2D eigenvalue weighted by Crippen LogP contribution is -2.32. The third kappa shape index (κ3) is 3.68. The summed E-state index contributed by atoms with van der Waals surface area (Å²) in [5.41, 5.74) is 1.36. The molecule has 0 aliphatic carbocycles. The number of halogens is 2. The Morgan fingerprint density at radius 1 is 1.19 bits per heavy atom. The summed E-state index contributed by atoms with van der Waals surface area (Å²) in [6.45, 7) is 0.776. The van der Waals surface area contributed by atoms with Crippen molar-refractivity contribution in [2.75, 3.05) is 34.4 Å². The van der Waals surface area contributed by atoms with Gasteiger partial charge in [-0.2, -0.15) is 0 Å². The first-order chi connectivity index (χ1) is 14.9. The van der Waals surface area contributed by atoms with Gasteiger partial charge in [0.2, 0.25) is 0 Å². The second-order valence-corrected chi connectivity index (χ2v) is 8.39. The van der Waals surface area contributed by atoms with Crippen molar-refractivity contribution >= 4 is 34.2 Å². The fourth-order valence-corrected chi connectivity index (χ4v) is 4.81. The standard InChI is InChI=1S/C23H23Cl2NO5/c1-26-8-7-12(15(26)11-27)20-18(29-2)10-19(30-3)21-16(28)9-17(31-23(20)21)13-5-4-6-14(24)22(13)25/h4-6,9-10,12,15,27H,7-8,11H2,1-3H3/t12-,15+/m1/s1. The van der Waals surface area contributed by atoms with Gasteiger partial charge in [-0.1, -0.05) is 29.3 Å². The maximum Gasteiger partial charge on any atom is 0.197 e. The van der Waals surface area contributed by atoms with Crippen LogP contribution in [0, 0.1) is 0 Å². The van der Waals surface area contributed by atoms with Crippen LogP contribution in [0.3, 0.4) is 0 Å². The third-order valence-corrected chi connectivity index (χ3v) is 6.82. The lowest BCUT2D eigenvalue weighted by atomic mass is 9.89. The fraction of sp³-hybridized carbons (Fsp3) is 0.348. The highest BCUT2D eigenvalue weighted by atomic mass is 35.5. The van der Waals surface area contributed by atoms with Crippen molar-refractivity contribution in [1.29, 1.82) is 0 Å². The molecule has 164 valence electrons. The number of aliphatic hydroxyl groups is 1. The summed E-state index contributed by atoms with van der Waals surface area (Å²) >= 11 is 12.6. The van der Waals surface area contributed by atoms with Gasteiger partial charge in [-0.3, -0.25) is 4.79 Å². The maximum absolute atomic E-state index is 13.2. The van der Waals surface area contributed by atoms with Crippen LogP contribution < -0.4 is 14.9 Å². The molecule has 1 aliphatic rings. The maximum atomic E-state index is 13.2. The quantitative estimate of drug-likeness (QED) is 0.597. The number of hydrogen-bond acceptors (Lipinski definition) is 6. The van der Waals surface area contributed by atoms with Crippen molar-refractivity contribution in [3.8, 4) is 22.8 Å². The number of likely N-dealkylation sites (N-methyl/N-ethyl adjacent to an activating group) is 1. The highest BCUT2D eigenvalue weighted by Gasteiger charge is 2.37. The number of rotatable bonds is 5. The van der Waals surface area contributed by atoms with E-state index in [4.69, 9.17) is 37.1 Å². The summed E-state index contributed by atoms with van der Waals surface area (Å²) in [4.78, 5) is 15.3. The van der Waals surface area contributed by atoms with Crippen LogP contribution in [0.4, 0.5) is 0 Å².